The quantitative estimate of drug-likeness (QED) is 0.800. The summed E-state index contributed by atoms with van der Waals surface area (Å²) in [5.41, 5.74) is 0. The molecule has 7 heteroatoms. The van der Waals surface area contributed by atoms with Gasteiger partial charge in [-0.15, -0.1) is 22.9 Å². The Morgan fingerprint density at radius 3 is 2.89 bits per heavy atom. The van der Waals surface area contributed by atoms with E-state index in [1.807, 2.05) is 13.8 Å². The van der Waals surface area contributed by atoms with Crippen LogP contribution in [0.1, 0.15) is 25.1 Å². The van der Waals surface area contributed by atoms with Crippen LogP contribution in [0.25, 0.3) is 0 Å². The lowest BCUT2D eigenvalue weighted by Crippen LogP contribution is -2.51. The van der Waals surface area contributed by atoms with E-state index in [1.165, 1.54) is 11.3 Å². The van der Waals surface area contributed by atoms with Crippen LogP contribution in [-0.4, -0.2) is 38.0 Å². The molecular formula is C12H18ClNO3S2. The second-order valence-corrected chi connectivity index (χ2v) is 7.82. The molecule has 0 spiro atoms. The van der Waals surface area contributed by atoms with Gasteiger partial charge in [0.2, 0.25) is 10.0 Å². The SMILES string of the molecule is CCC1COC(C)CN1S(=O)(=O)c1csc(CCl)c1. The van der Waals surface area contributed by atoms with Crippen molar-refractivity contribution in [3.63, 3.8) is 0 Å². The summed E-state index contributed by atoms with van der Waals surface area (Å²) in [6.07, 6.45) is 0.682. The van der Waals surface area contributed by atoms with Gasteiger partial charge >= 0.3 is 0 Å². The van der Waals surface area contributed by atoms with Crippen LogP contribution >= 0.6 is 22.9 Å². The lowest BCUT2D eigenvalue weighted by atomic mass is 10.2. The minimum Gasteiger partial charge on any atom is -0.375 e. The molecule has 4 nitrogen and oxygen atoms in total. The van der Waals surface area contributed by atoms with Gasteiger partial charge in [0, 0.05) is 22.8 Å². The first-order chi connectivity index (χ1) is 8.98. The van der Waals surface area contributed by atoms with Crippen LogP contribution in [-0.2, 0) is 20.6 Å². The summed E-state index contributed by atoms with van der Waals surface area (Å²) in [6, 6.07) is 1.58. The van der Waals surface area contributed by atoms with Crippen molar-refractivity contribution in [2.24, 2.45) is 0 Å². The van der Waals surface area contributed by atoms with Gasteiger partial charge in [-0.2, -0.15) is 4.31 Å². The number of morpholine rings is 1. The number of hydrogen-bond acceptors (Lipinski definition) is 4. The van der Waals surface area contributed by atoms with Crippen LogP contribution in [0.3, 0.4) is 0 Å². The number of thiophene rings is 1. The largest absolute Gasteiger partial charge is 0.375 e. The van der Waals surface area contributed by atoms with Crippen LogP contribution in [0, 0.1) is 0 Å². The standard InChI is InChI=1S/C12H18ClNO3S2/c1-3-10-7-17-9(2)6-14(10)19(15,16)12-4-11(5-13)18-8-12/h4,8-10H,3,5-7H2,1-2H3. The fourth-order valence-corrected chi connectivity index (χ4v) is 5.27. The van der Waals surface area contributed by atoms with E-state index in [0.29, 0.717) is 23.9 Å². The minimum atomic E-state index is -3.44. The third kappa shape index (κ3) is 3.13. The molecule has 1 fully saturated rings. The Bertz CT molecular complexity index is 529. The Hall–Kier alpha value is -0.140. The Balaban J connectivity index is 2.30. The van der Waals surface area contributed by atoms with Crippen LogP contribution in [0.4, 0.5) is 0 Å². The van der Waals surface area contributed by atoms with Crippen molar-refractivity contribution in [2.75, 3.05) is 13.2 Å². The molecule has 2 atom stereocenters. The number of nitrogens with zero attached hydrogens (tertiary/aromatic N) is 1. The van der Waals surface area contributed by atoms with Crippen LogP contribution in [0.2, 0.25) is 0 Å². The third-order valence-electron chi connectivity index (χ3n) is 3.26. The molecule has 2 heterocycles. The maximum Gasteiger partial charge on any atom is 0.244 e. The number of hydrogen-bond donors (Lipinski definition) is 0. The van der Waals surface area contributed by atoms with Crippen LogP contribution in [0.15, 0.2) is 16.3 Å². The van der Waals surface area contributed by atoms with Crippen molar-refractivity contribution < 1.29 is 13.2 Å². The summed E-state index contributed by atoms with van der Waals surface area (Å²) in [7, 11) is -3.44. The third-order valence-corrected chi connectivity index (χ3v) is 6.69. The van der Waals surface area contributed by atoms with Gasteiger partial charge in [0.05, 0.1) is 23.5 Å². The second kappa shape index (κ2) is 6.10. The predicted molar refractivity (Wildman–Crippen MR) is 77.3 cm³/mol. The average Bonchev–Trinajstić information content (AvgIpc) is 2.88. The molecule has 19 heavy (non-hydrogen) atoms. The fourth-order valence-electron chi connectivity index (χ4n) is 2.13. The predicted octanol–water partition coefficient (Wildman–Crippen LogP) is 2.67. The summed E-state index contributed by atoms with van der Waals surface area (Å²) in [4.78, 5) is 1.22. The molecule has 0 amide bonds. The molecule has 108 valence electrons. The first-order valence-electron chi connectivity index (χ1n) is 6.25. The van der Waals surface area contributed by atoms with E-state index < -0.39 is 10.0 Å². The molecule has 0 aromatic carbocycles. The first-order valence-corrected chi connectivity index (χ1v) is 9.11. The van der Waals surface area contributed by atoms with Gasteiger partial charge in [-0.3, -0.25) is 0 Å². The molecular weight excluding hydrogens is 306 g/mol. The van der Waals surface area contributed by atoms with Gasteiger partial charge in [-0.05, 0) is 19.4 Å². The van der Waals surface area contributed by atoms with Crippen molar-refractivity contribution >= 4 is 33.0 Å². The normalized spacial score (nSPS) is 25.6. The number of rotatable bonds is 4. The highest BCUT2D eigenvalue weighted by Gasteiger charge is 2.35. The Morgan fingerprint density at radius 1 is 1.58 bits per heavy atom. The van der Waals surface area contributed by atoms with E-state index in [4.69, 9.17) is 16.3 Å². The molecule has 0 N–H and O–H groups in total. The Kier molecular flexibility index (Phi) is 4.89. The molecule has 0 bridgehead atoms. The van der Waals surface area contributed by atoms with Crippen molar-refractivity contribution in [1.29, 1.82) is 0 Å². The van der Waals surface area contributed by atoms with E-state index in [0.717, 1.165) is 11.3 Å². The molecule has 1 aliphatic heterocycles. The highest BCUT2D eigenvalue weighted by atomic mass is 35.5. The summed E-state index contributed by atoms with van der Waals surface area (Å²) < 4.78 is 32.4. The topological polar surface area (TPSA) is 46.6 Å². The Labute approximate surface area is 123 Å². The monoisotopic (exact) mass is 323 g/mol. The smallest absolute Gasteiger partial charge is 0.244 e. The van der Waals surface area contributed by atoms with E-state index in [1.54, 1.807) is 15.8 Å². The van der Waals surface area contributed by atoms with Crippen LogP contribution < -0.4 is 0 Å². The maximum atomic E-state index is 12.7. The maximum absolute atomic E-state index is 12.7. The van der Waals surface area contributed by atoms with Crippen LogP contribution in [0.5, 0.6) is 0 Å². The lowest BCUT2D eigenvalue weighted by molar-refractivity contribution is -0.0230. The number of ether oxygens (including phenoxy) is 1. The molecule has 0 saturated carbocycles. The molecule has 2 rings (SSSR count). The van der Waals surface area contributed by atoms with E-state index in [2.05, 4.69) is 0 Å². The molecule has 1 aliphatic rings. The number of sulfonamides is 1. The summed E-state index contributed by atoms with van der Waals surface area (Å²) in [5.74, 6) is 0.344. The van der Waals surface area contributed by atoms with Gasteiger partial charge in [-0.1, -0.05) is 6.92 Å². The van der Waals surface area contributed by atoms with Gasteiger partial charge in [-0.25, -0.2) is 8.42 Å². The van der Waals surface area contributed by atoms with E-state index in [9.17, 15) is 8.42 Å². The van der Waals surface area contributed by atoms with Gasteiger partial charge < -0.3 is 4.74 Å². The van der Waals surface area contributed by atoms with E-state index >= 15 is 0 Å². The zero-order chi connectivity index (χ0) is 14.0. The summed E-state index contributed by atoms with van der Waals surface area (Å²) in [5, 5.41) is 1.67. The summed E-state index contributed by atoms with van der Waals surface area (Å²) in [6.45, 7) is 4.74. The lowest BCUT2D eigenvalue weighted by Gasteiger charge is -2.36. The molecule has 1 saturated heterocycles. The zero-order valence-electron chi connectivity index (χ0n) is 11.0. The first kappa shape index (κ1) is 15.3. The molecule has 2 unspecified atom stereocenters. The van der Waals surface area contributed by atoms with Gasteiger partial charge in [0.25, 0.3) is 0 Å². The second-order valence-electron chi connectivity index (χ2n) is 4.66. The number of alkyl halides is 1. The van der Waals surface area contributed by atoms with Crippen molar-refractivity contribution in [3.8, 4) is 0 Å². The summed E-state index contributed by atoms with van der Waals surface area (Å²) >= 11 is 7.12. The molecule has 0 aliphatic carbocycles. The van der Waals surface area contributed by atoms with Gasteiger partial charge in [0.15, 0.2) is 0 Å². The molecule has 1 aromatic rings. The highest BCUT2D eigenvalue weighted by Crippen LogP contribution is 2.28. The van der Waals surface area contributed by atoms with E-state index in [-0.39, 0.29) is 12.1 Å². The van der Waals surface area contributed by atoms with Crippen molar-refractivity contribution in [2.45, 2.75) is 43.2 Å². The zero-order valence-corrected chi connectivity index (χ0v) is 13.4. The fraction of sp³-hybridized carbons (Fsp3) is 0.667. The Morgan fingerprint density at radius 2 is 2.32 bits per heavy atom. The minimum absolute atomic E-state index is 0.0660. The molecule has 0 radical (unpaired) electrons. The van der Waals surface area contributed by atoms with Crippen molar-refractivity contribution in [1.82, 2.24) is 4.31 Å². The molecule has 1 aromatic heterocycles. The number of halogens is 1. The van der Waals surface area contributed by atoms with Crippen molar-refractivity contribution in [3.05, 3.63) is 16.3 Å². The highest BCUT2D eigenvalue weighted by molar-refractivity contribution is 7.89. The average molecular weight is 324 g/mol. The van der Waals surface area contributed by atoms with Gasteiger partial charge in [0.1, 0.15) is 0 Å².